The van der Waals surface area contributed by atoms with Gasteiger partial charge < -0.3 is 14.6 Å². The Bertz CT molecular complexity index is 346. The number of hydrogen-bond acceptors (Lipinski definition) is 4. The average molecular weight is 271 g/mol. The lowest BCUT2D eigenvalue weighted by molar-refractivity contribution is -0.0643. The summed E-state index contributed by atoms with van der Waals surface area (Å²) in [6.45, 7) is 13.1. The highest BCUT2D eigenvalue weighted by Gasteiger charge is 2.47. The molecule has 2 atom stereocenters. The number of aliphatic hydroxyl groups is 1. The van der Waals surface area contributed by atoms with Crippen LogP contribution in [0.25, 0.3) is 0 Å². The minimum Gasteiger partial charge on any atom is -0.444 e. The van der Waals surface area contributed by atoms with Gasteiger partial charge in [0.2, 0.25) is 0 Å². The number of ether oxygens (including phenoxy) is 2. The smallest absolute Gasteiger partial charge is 0.412 e. The van der Waals surface area contributed by atoms with Crippen LogP contribution in [-0.4, -0.2) is 46.7 Å². The fourth-order valence-corrected chi connectivity index (χ4v) is 2.17. The summed E-state index contributed by atoms with van der Waals surface area (Å²) in [5, 5.41) is 9.38. The van der Waals surface area contributed by atoms with Crippen molar-refractivity contribution in [3.05, 3.63) is 12.7 Å². The first kappa shape index (κ1) is 16.0. The second-order valence-electron chi connectivity index (χ2n) is 6.26. The molecule has 5 nitrogen and oxygen atoms in total. The number of carbonyl (C=O) groups excluding carboxylic acids is 1. The molecule has 1 aliphatic rings. The topological polar surface area (TPSA) is 59.0 Å². The lowest BCUT2D eigenvalue weighted by Crippen LogP contribution is -2.52. The molecule has 1 rings (SSSR count). The van der Waals surface area contributed by atoms with Gasteiger partial charge in [-0.2, -0.15) is 0 Å². The van der Waals surface area contributed by atoms with E-state index in [1.807, 2.05) is 34.6 Å². The minimum atomic E-state index is -0.747. The molecule has 0 unspecified atom stereocenters. The average Bonchev–Trinajstić information content (AvgIpc) is 2.54. The second-order valence-corrected chi connectivity index (χ2v) is 6.26. The van der Waals surface area contributed by atoms with Crippen LogP contribution in [0.3, 0.4) is 0 Å². The predicted octanol–water partition coefficient (Wildman–Crippen LogP) is 2.15. The molecule has 19 heavy (non-hydrogen) atoms. The highest BCUT2D eigenvalue weighted by atomic mass is 16.6. The van der Waals surface area contributed by atoms with Crippen LogP contribution in [0.5, 0.6) is 0 Å². The van der Waals surface area contributed by atoms with Gasteiger partial charge in [0.1, 0.15) is 11.3 Å². The van der Waals surface area contributed by atoms with Crippen molar-refractivity contribution in [3.8, 4) is 0 Å². The summed E-state index contributed by atoms with van der Waals surface area (Å²) >= 11 is 0. The van der Waals surface area contributed by atoms with Crippen molar-refractivity contribution < 1.29 is 19.4 Å². The van der Waals surface area contributed by atoms with Crippen molar-refractivity contribution >= 4 is 6.09 Å². The van der Waals surface area contributed by atoms with Crippen LogP contribution in [0.2, 0.25) is 0 Å². The Balaban J connectivity index is 2.96. The third-order valence-electron chi connectivity index (χ3n) is 3.12. The molecule has 1 saturated heterocycles. The molecule has 0 aromatic carbocycles. The van der Waals surface area contributed by atoms with Crippen LogP contribution >= 0.6 is 0 Å². The molecule has 1 heterocycles. The summed E-state index contributed by atoms with van der Waals surface area (Å²) in [5.41, 5.74) is -1.31. The van der Waals surface area contributed by atoms with E-state index in [0.29, 0.717) is 6.61 Å². The van der Waals surface area contributed by atoms with Crippen LogP contribution in [0, 0.1) is 5.92 Å². The van der Waals surface area contributed by atoms with Crippen molar-refractivity contribution in [2.24, 2.45) is 5.92 Å². The summed E-state index contributed by atoms with van der Waals surface area (Å²) in [6, 6.07) is -0.257. The minimum absolute atomic E-state index is 0.0765. The normalized spacial score (nSPS) is 24.1. The maximum absolute atomic E-state index is 12.3. The summed E-state index contributed by atoms with van der Waals surface area (Å²) in [4.78, 5) is 13.9. The Kier molecular flexibility index (Phi) is 4.63. The van der Waals surface area contributed by atoms with Crippen LogP contribution < -0.4 is 0 Å². The van der Waals surface area contributed by atoms with E-state index in [2.05, 4.69) is 6.58 Å². The fraction of sp³-hybridized carbons (Fsp3) is 0.786. The molecule has 0 saturated carbocycles. The zero-order chi connectivity index (χ0) is 14.8. The van der Waals surface area contributed by atoms with Gasteiger partial charge in [0, 0.05) is 5.92 Å². The van der Waals surface area contributed by atoms with E-state index in [0.717, 1.165) is 0 Å². The molecule has 5 heteroatoms. The van der Waals surface area contributed by atoms with E-state index in [1.54, 1.807) is 11.0 Å². The van der Waals surface area contributed by atoms with Gasteiger partial charge in [-0.25, -0.2) is 4.79 Å². The first-order chi connectivity index (χ1) is 8.62. The van der Waals surface area contributed by atoms with E-state index < -0.39 is 17.4 Å². The van der Waals surface area contributed by atoms with Crippen LogP contribution in [0.1, 0.15) is 34.6 Å². The van der Waals surface area contributed by atoms with Gasteiger partial charge in [-0.15, -0.1) is 6.58 Å². The molecule has 1 amide bonds. The van der Waals surface area contributed by atoms with Gasteiger partial charge in [0.25, 0.3) is 0 Å². The second kappa shape index (κ2) is 5.51. The Morgan fingerprint density at radius 3 is 2.63 bits per heavy atom. The highest BCUT2D eigenvalue weighted by molar-refractivity contribution is 5.69. The molecular weight excluding hydrogens is 246 g/mol. The van der Waals surface area contributed by atoms with Gasteiger partial charge in [-0.3, -0.25) is 4.90 Å². The van der Waals surface area contributed by atoms with Crippen molar-refractivity contribution in [3.63, 3.8) is 0 Å². The molecule has 0 radical (unpaired) electrons. The monoisotopic (exact) mass is 271 g/mol. The largest absolute Gasteiger partial charge is 0.444 e. The van der Waals surface area contributed by atoms with Gasteiger partial charge >= 0.3 is 6.09 Å². The lowest BCUT2D eigenvalue weighted by atomic mass is 10.00. The lowest BCUT2D eigenvalue weighted by Gasteiger charge is -2.36. The molecule has 0 spiro atoms. The summed E-state index contributed by atoms with van der Waals surface area (Å²) < 4.78 is 11.1. The third-order valence-corrected chi connectivity index (χ3v) is 3.12. The van der Waals surface area contributed by atoms with Gasteiger partial charge in [0.15, 0.2) is 0 Å². The quantitative estimate of drug-likeness (QED) is 0.799. The first-order valence-corrected chi connectivity index (χ1v) is 6.52. The zero-order valence-electron chi connectivity index (χ0n) is 12.5. The third kappa shape index (κ3) is 3.70. The summed E-state index contributed by atoms with van der Waals surface area (Å²) in [7, 11) is 0. The van der Waals surface area contributed by atoms with Crippen LogP contribution in [0.15, 0.2) is 12.7 Å². The Morgan fingerprint density at radius 2 is 2.21 bits per heavy atom. The maximum atomic E-state index is 12.3. The van der Waals surface area contributed by atoms with Gasteiger partial charge in [-0.1, -0.05) is 6.08 Å². The molecule has 0 bridgehead atoms. The summed E-state index contributed by atoms with van der Waals surface area (Å²) in [6.07, 6.45) is 1.22. The van der Waals surface area contributed by atoms with E-state index in [9.17, 15) is 9.90 Å². The Hall–Kier alpha value is -1.07. The first-order valence-electron chi connectivity index (χ1n) is 6.52. The highest BCUT2D eigenvalue weighted by Crippen LogP contribution is 2.33. The Morgan fingerprint density at radius 1 is 1.63 bits per heavy atom. The van der Waals surface area contributed by atoms with Crippen molar-refractivity contribution in [1.29, 1.82) is 0 Å². The maximum Gasteiger partial charge on any atom is 0.412 e. The van der Waals surface area contributed by atoms with E-state index in [4.69, 9.17) is 9.47 Å². The standard InChI is InChI=1S/C14H25NO4/c1-7-10(8-16)11-9-18-14(5,6)15(11)12(17)19-13(2,3)4/h7,10-11,16H,1,8-9H2,2-6H3/t10-,11+/m1/s1. The molecule has 1 fully saturated rings. The van der Waals surface area contributed by atoms with E-state index >= 15 is 0 Å². The predicted molar refractivity (Wildman–Crippen MR) is 72.7 cm³/mol. The van der Waals surface area contributed by atoms with Gasteiger partial charge in [0.05, 0.1) is 19.3 Å². The van der Waals surface area contributed by atoms with E-state index in [1.165, 1.54) is 0 Å². The van der Waals surface area contributed by atoms with E-state index in [-0.39, 0.29) is 18.6 Å². The molecule has 0 aromatic heterocycles. The number of amides is 1. The molecular formula is C14H25NO4. The molecule has 1 N–H and O–H groups in total. The van der Waals surface area contributed by atoms with Gasteiger partial charge in [-0.05, 0) is 34.6 Å². The number of rotatable bonds is 3. The van der Waals surface area contributed by atoms with Crippen molar-refractivity contribution in [2.75, 3.05) is 13.2 Å². The zero-order valence-corrected chi connectivity index (χ0v) is 12.5. The molecule has 0 aromatic rings. The SMILES string of the molecule is C=C[C@H](CO)[C@@H]1COC(C)(C)N1C(=O)OC(C)(C)C. The molecule has 0 aliphatic carbocycles. The number of carbonyl (C=O) groups is 1. The Labute approximate surface area is 115 Å². The number of nitrogens with zero attached hydrogens (tertiary/aromatic N) is 1. The number of hydrogen-bond donors (Lipinski definition) is 1. The molecule has 1 aliphatic heterocycles. The van der Waals surface area contributed by atoms with Crippen molar-refractivity contribution in [2.45, 2.75) is 52.0 Å². The molecule has 110 valence electrons. The van der Waals surface area contributed by atoms with Crippen molar-refractivity contribution in [1.82, 2.24) is 4.90 Å². The number of aliphatic hydroxyl groups excluding tert-OH is 1. The fourth-order valence-electron chi connectivity index (χ4n) is 2.17. The summed E-state index contributed by atoms with van der Waals surface area (Å²) in [5.74, 6) is -0.228. The van der Waals surface area contributed by atoms with Crippen LogP contribution in [0.4, 0.5) is 4.79 Å². The van der Waals surface area contributed by atoms with Crippen LogP contribution in [-0.2, 0) is 9.47 Å².